The summed E-state index contributed by atoms with van der Waals surface area (Å²) in [7, 11) is -2.01. The van der Waals surface area contributed by atoms with Crippen molar-refractivity contribution in [2.45, 2.75) is 19.6 Å². The molecule has 30 heavy (non-hydrogen) atoms. The smallest absolute Gasteiger partial charge is 0.357 e. The van der Waals surface area contributed by atoms with Gasteiger partial charge < -0.3 is 19.1 Å². The topological polar surface area (TPSA) is 82.6 Å². The average molecular weight is 451 g/mol. The fourth-order valence-corrected chi connectivity index (χ4v) is 5.56. The molecule has 0 aliphatic rings. The molecular weight excluding hydrogens is 428 g/mol. The Hall–Kier alpha value is -2.32. The number of nitrogens with zero attached hydrogens (tertiary/aromatic N) is 2. The second kappa shape index (κ2) is 10.1. The lowest BCUT2D eigenvalue weighted by Crippen LogP contribution is -2.15. The molecule has 1 heterocycles. The molecule has 0 saturated heterocycles. The van der Waals surface area contributed by atoms with Crippen LogP contribution in [-0.2, 0) is 13.6 Å². The van der Waals surface area contributed by atoms with Crippen molar-refractivity contribution in [2.24, 2.45) is 0 Å². The minimum Gasteiger partial charge on any atom is -0.497 e. The van der Waals surface area contributed by atoms with Gasteiger partial charge in [0.1, 0.15) is 16.6 Å². The van der Waals surface area contributed by atoms with Gasteiger partial charge >= 0.3 is 7.60 Å². The summed E-state index contributed by atoms with van der Waals surface area (Å²) in [6, 6.07) is 13.1. The Labute approximate surface area is 178 Å². The van der Waals surface area contributed by atoms with E-state index in [0.717, 1.165) is 11.3 Å². The Morgan fingerprint density at radius 3 is 2.23 bits per heavy atom. The molecule has 0 aliphatic carbocycles. The standard InChI is InChI=1S/C20H23FN3O4PS/c1-4-27-29(25,28-5-2)18(14-6-10-16(21)11-7-14)22-20-24-23-19(30-20)15-8-12-17(26-3)13-9-15/h6-13,18H,4-5H2,1-3H3,(H,22,24)/t18-/m1/s1. The van der Waals surface area contributed by atoms with E-state index in [9.17, 15) is 8.96 Å². The van der Waals surface area contributed by atoms with Gasteiger partial charge in [-0.25, -0.2) is 4.39 Å². The minimum absolute atomic E-state index is 0.198. The second-order valence-corrected chi connectivity index (χ2v) is 9.20. The predicted molar refractivity (Wildman–Crippen MR) is 116 cm³/mol. The molecule has 0 radical (unpaired) electrons. The maximum atomic E-state index is 13.5. The Kier molecular flexibility index (Phi) is 7.55. The van der Waals surface area contributed by atoms with Crippen LogP contribution in [0, 0.1) is 5.82 Å². The summed E-state index contributed by atoms with van der Waals surface area (Å²) in [5.74, 6) is -0.514. The first-order valence-corrected chi connectivity index (χ1v) is 11.8. The molecule has 10 heteroatoms. The molecule has 0 bridgehead atoms. The van der Waals surface area contributed by atoms with Crippen LogP contribution in [0.1, 0.15) is 25.2 Å². The van der Waals surface area contributed by atoms with Crippen molar-refractivity contribution in [3.63, 3.8) is 0 Å². The lowest BCUT2D eigenvalue weighted by Gasteiger charge is -2.27. The molecule has 1 atom stereocenters. The third-order valence-corrected chi connectivity index (χ3v) is 7.34. The summed E-state index contributed by atoms with van der Waals surface area (Å²) in [5, 5.41) is 12.6. The fourth-order valence-electron chi connectivity index (χ4n) is 2.79. The highest BCUT2D eigenvalue weighted by Crippen LogP contribution is 2.61. The zero-order chi connectivity index (χ0) is 21.6. The lowest BCUT2D eigenvalue weighted by atomic mass is 10.2. The summed E-state index contributed by atoms with van der Waals surface area (Å²) in [6.07, 6.45) is 0. The molecule has 1 aromatic heterocycles. The van der Waals surface area contributed by atoms with Gasteiger partial charge in [0, 0.05) is 5.56 Å². The summed E-state index contributed by atoms with van der Waals surface area (Å²) < 4.78 is 43.2. The van der Waals surface area contributed by atoms with Gasteiger partial charge in [0.15, 0.2) is 5.78 Å². The first-order chi connectivity index (χ1) is 14.5. The fraction of sp³-hybridized carbons (Fsp3) is 0.300. The van der Waals surface area contributed by atoms with Crippen LogP contribution in [0.3, 0.4) is 0 Å². The number of hydrogen-bond acceptors (Lipinski definition) is 8. The predicted octanol–water partition coefficient (Wildman–Crippen LogP) is 5.73. The molecule has 0 aliphatic heterocycles. The van der Waals surface area contributed by atoms with Gasteiger partial charge in [0.2, 0.25) is 5.13 Å². The lowest BCUT2D eigenvalue weighted by molar-refractivity contribution is 0.214. The van der Waals surface area contributed by atoms with Crippen LogP contribution in [0.2, 0.25) is 0 Å². The number of ether oxygens (including phenoxy) is 1. The van der Waals surface area contributed by atoms with Crippen LogP contribution >= 0.6 is 18.9 Å². The number of anilines is 1. The van der Waals surface area contributed by atoms with E-state index in [0.29, 0.717) is 15.7 Å². The first kappa shape index (κ1) is 22.4. The number of nitrogens with one attached hydrogen (secondary N) is 1. The molecule has 0 saturated carbocycles. The van der Waals surface area contributed by atoms with E-state index < -0.39 is 19.2 Å². The molecule has 0 unspecified atom stereocenters. The molecule has 0 amide bonds. The minimum atomic E-state index is -3.62. The van der Waals surface area contributed by atoms with Gasteiger partial charge in [-0.3, -0.25) is 4.57 Å². The average Bonchev–Trinajstić information content (AvgIpc) is 3.22. The van der Waals surface area contributed by atoms with Crippen molar-refractivity contribution >= 4 is 24.1 Å². The van der Waals surface area contributed by atoms with Crippen LogP contribution < -0.4 is 10.1 Å². The highest BCUT2D eigenvalue weighted by atomic mass is 32.1. The van der Waals surface area contributed by atoms with Crippen LogP contribution in [0.4, 0.5) is 9.52 Å². The molecular formula is C20H23FN3O4PS. The van der Waals surface area contributed by atoms with Gasteiger partial charge in [0.25, 0.3) is 0 Å². The molecule has 0 fully saturated rings. The quantitative estimate of drug-likeness (QED) is 0.394. The number of hydrogen-bond donors (Lipinski definition) is 1. The van der Waals surface area contributed by atoms with Crippen molar-refractivity contribution in [1.82, 2.24) is 10.2 Å². The number of aromatic nitrogens is 2. The van der Waals surface area contributed by atoms with Gasteiger partial charge in [-0.2, -0.15) is 0 Å². The Morgan fingerprint density at radius 2 is 1.67 bits per heavy atom. The second-order valence-electron chi connectivity index (χ2n) is 6.11. The van der Waals surface area contributed by atoms with Gasteiger partial charge in [-0.15, -0.1) is 10.2 Å². The van der Waals surface area contributed by atoms with Crippen LogP contribution in [0.25, 0.3) is 10.6 Å². The van der Waals surface area contributed by atoms with Crippen molar-refractivity contribution in [3.05, 3.63) is 59.9 Å². The summed E-state index contributed by atoms with van der Waals surface area (Å²) in [6.45, 7) is 3.87. The molecule has 3 rings (SSSR count). The van der Waals surface area contributed by atoms with E-state index in [1.54, 1.807) is 33.1 Å². The third kappa shape index (κ3) is 5.23. The SMILES string of the molecule is CCOP(=O)(OCC)[C@@H](Nc1nnc(-c2ccc(OC)cc2)s1)c1ccc(F)cc1. The van der Waals surface area contributed by atoms with E-state index in [1.165, 1.54) is 23.5 Å². The van der Waals surface area contributed by atoms with Crippen molar-refractivity contribution in [2.75, 3.05) is 25.6 Å². The van der Waals surface area contributed by atoms with Crippen LogP contribution in [-0.4, -0.2) is 30.5 Å². The molecule has 3 aromatic rings. The highest BCUT2D eigenvalue weighted by molar-refractivity contribution is 7.54. The molecule has 0 spiro atoms. The number of benzene rings is 2. The number of halogens is 1. The summed E-state index contributed by atoms with van der Waals surface area (Å²) in [5.41, 5.74) is 1.43. The zero-order valence-corrected chi connectivity index (χ0v) is 18.6. The highest BCUT2D eigenvalue weighted by Gasteiger charge is 2.37. The monoisotopic (exact) mass is 451 g/mol. The molecule has 1 N–H and O–H groups in total. The van der Waals surface area contributed by atoms with Gasteiger partial charge in [0.05, 0.1) is 20.3 Å². The molecule has 160 valence electrons. The normalized spacial score (nSPS) is 12.5. The van der Waals surface area contributed by atoms with Gasteiger partial charge in [-0.05, 0) is 55.8 Å². The molecule has 7 nitrogen and oxygen atoms in total. The van der Waals surface area contributed by atoms with E-state index >= 15 is 0 Å². The van der Waals surface area contributed by atoms with E-state index in [4.69, 9.17) is 13.8 Å². The third-order valence-electron chi connectivity index (χ3n) is 4.14. The van der Waals surface area contributed by atoms with E-state index in [1.807, 2.05) is 24.3 Å². The van der Waals surface area contributed by atoms with E-state index in [-0.39, 0.29) is 13.2 Å². The number of rotatable bonds is 10. The maximum absolute atomic E-state index is 13.5. The Bertz CT molecular complexity index is 988. The van der Waals surface area contributed by atoms with E-state index in [2.05, 4.69) is 15.5 Å². The van der Waals surface area contributed by atoms with Crippen molar-refractivity contribution < 1.29 is 22.7 Å². The van der Waals surface area contributed by atoms with Crippen molar-refractivity contribution in [3.8, 4) is 16.3 Å². The summed E-state index contributed by atoms with van der Waals surface area (Å²) >= 11 is 1.30. The van der Waals surface area contributed by atoms with Crippen LogP contribution in [0.5, 0.6) is 5.75 Å². The Morgan fingerprint density at radius 1 is 1.03 bits per heavy atom. The Balaban J connectivity index is 1.92. The first-order valence-electron chi connectivity index (χ1n) is 9.37. The summed E-state index contributed by atoms with van der Waals surface area (Å²) in [4.78, 5) is 0. The largest absolute Gasteiger partial charge is 0.497 e. The number of methoxy groups -OCH3 is 1. The van der Waals surface area contributed by atoms with Crippen molar-refractivity contribution in [1.29, 1.82) is 0 Å². The zero-order valence-electron chi connectivity index (χ0n) is 16.9. The maximum Gasteiger partial charge on any atom is 0.357 e. The van der Waals surface area contributed by atoms with Crippen LogP contribution in [0.15, 0.2) is 48.5 Å². The van der Waals surface area contributed by atoms with Gasteiger partial charge in [-0.1, -0.05) is 23.5 Å². The molecule has 2 aromatic carbocycles.